The molecule has 0 fully saturated rings. The fourth-order valence-electron chi connectivity index (χ4n) is 1.67. The molecule has 1 amide bonds. The third kappa shape index (κ3) is 2.40. The van der Waals surface area contributed by atoms with Gasteiger partial charge in [-0.25, -0.2) is 0 Å². The Morgan fingerprint density at radius 3 is 2.72 bits per heavy atom. The summed E-state index contributed by atoms with van der Waals surface area (Å²) in [6.07, 6.45) is -4.89. The minimum Gasteiger partial charge on any atom is -0.478 e. The molecule has 4 nitrogen and oxygen atoms in total. The Labute approximate surface area is 101 Å². The molecule has 0 saturated carbocycles. The van der Waals surface area contributed by atoms with Gasteiger partial charge in [-0.15, -0.1) is 0 Å². The minimum atomic E-state index is -4.45. The van der Waals surface area contributed by atoms with Crippen LogP contribution in [0.4, 0.5) is 18.9 Å². The Kier molecular flexibility index (Phi) is 3.16. The van der Waals surface area contributed by atoms with Gasteiger partial charge in [0.25, 0.3) is 5.91 Å². The van der Waals surface area contributed by atoms with Gasteiger partial charge in [-0.05, 0) is 24.7 Å². The topological polar surface area (TPSA) is 64.3 Å². The largest absolute Gasteiger partial charge is 0.478 e. The summed E-state index contributed by atoms with van der Waals surface area (Å²) < 4.78 is 42.7. The van der Waals surface area contributed by atoms with E-state index in [4.69, 9.17) is 10.5 Å². The molecule has 0 saturated heterocycles. The van der Waals surface area contributed by atoms with Crippen LogP contribution in [0.3, 0.4) is 0 Å². The molecule has 2 rings (SSSR count). The highest BCUT2D eigenvalue weighted by Gasteiger charge is 2.33. The smallest absolute Gasteiger partial charge is 0.416 e. The average Bonchev–Trinajstić information content (AvgIpc) is 2.28. The highest BCUT2D eigenvalue weighted by atomic mass is 19.4. The molecule has 0 spiro atoms. The zero-order valence-corrected chi connectivity index (χ0v) is 9.25. The SMILES string of the molecule is NCCC1Oc2ccc(C(F)(F)F)cc2NC1=O. The minimum absolute atomic E-state index is 0.0306. The summed E-state index contributed by atoms with van der Waals surface area (Å²) in [6, 6.07) is 2.96. The Hall–Kier alpha value is -1.76. The van der Waals surface area contributed by atoms with Gasteiger partial charge in [-0.2, -0.15) is 13.2 Å². The van der Waals surface area contributed by atoms with Crippen LogP contribution >= 0.6 is 0 Å². The Morgan fingerprint density at radius 1 is 1.39 bits per heavy atom. The van der Waals surface area contributed by atoms with Crippen LogP contribution in [0.25, 0.3) is 0 Å². The second-order valence-electron chi connectivity index (χ2n) is 3.88. The van der Waals surface area contributed by atoms with Gasteiger partial charge >= 0.3 is 6.18 Å². The molecule has 18 heavy (non-hydrogen) atoms. The standard InChI is InChI=1S/C11H11F3N2O2/c12-11(13,14)6-1-2-8-7(5-6)16-10(17)9(18-8)3-4-15/h1-2,5,9H,3-4,15H2,(H,16,17). The lowest BCUT2D eigenvalue weighted by Gasteiger charge is -2.26. The summed E-state index contributed by atoms with van der Waals surface area (Å²) in [6.45, 7) is 0.258. The number of ether oxygens (including phenoxy) is 1. The monoisotopic (exact) mass is 260 g/mol. The van der Waals surface area contributed by atoms with E-state index in [-0.39, 0.29) is 18.0 Å². The summed E-state index contributed by atoms with van der Waals surface area (Å²) in [5.74, 6) is -0.256. The van der Waals surface area contributed by atoms with E-state index < -0.39 is 23.8 Å². The normalized spacial score (nSPS) is 18.9. The molecule has 3 N–H and O–H groups in total. The van der Waals surface area contributed by atoms with E-state index in [1.54, 1.807) is 0 Å². The number of amides is 1. The molecule has 7 heteroatoms. The summed E-state index contributed by atoms with van der Waals surface area (Å²) in [5, 5.41) is 2.39. The zero-order chi connectivity index (χ0) is 13.3. The number of nitrogens with one attached hydrogen (secondary N) is 1. The zero-order valence-electron chi connectivity index (χ0n) is 9.25. The van der Waals surface area contributed by atoms with Crippen molar-refractivity contribution in [2.24, 2.45) is 5.73 Å². The van der Waals surface area contributed by atoms with E-state index in [2.05, 4.69) is 5.32 Å². The second-order valence-corrected chi connectivity index (χ2v) is 3.88. The van der Waals surface area contributed by atoms with E-state index in [0.29, 0.717) is 6.42 Å². The van der Waals surface area contributed by atoms with Crippen LogP contribution in [0.2, 0.25) is 0 Å². The molecule has 0 aromatic heterocycles. The number of fused-ring (bicyclic) bond motifs is 1. The van der Waals surface area contributed by atoms with Crippen LogP contribution in [0.1, 0.15) is 12.0 Å². The quantitative estimate of drug-likeness (QED) is 0.851. The van der Waals surface area contributed by atoms with Crippen molar-refractivity contribution in [3.05, 3.63) is 23.8 Å². The summed E-state index contributed by atoms with van der Waals surface area (Å²) in [7, 11) is 0. The molecule has 1 heterocycles. The average molecular weight is 260 g/mol. The molecule has 1 aromatic rings. The van der Waals surface area contributed by atoms with Crippen molar-refractivity contribution in [3.63, 3.8) is 0 Å². The molecule has 0 bridgehead atoms. The molecule has 98 valence electrons. The first-order valence-electron chi connectivity index (χ1n) is 5.30. The number of carbonyl (C=O) groups is 1. The molecule has 0 aliphatic carbocycles. The number of anilines is 1. The van der Waals surface area contributed by atoms with Crippen molar-refractivity contribution >= 4 is 11.6 Å². The van der Waals surface area contributed by atoms with E-state index in [1.807, 2.05) is 0 Å². The maximum atomic E-state index is 12.5. The number of halogens is 3. The first-order chi connectivity index (χ1) is 8.41. The van der Waals surface area contributed by atoms with Crippen molar-refractivity contribution in [2.45, 2.75) is 18.7 Å². The van der Waals surface area contributed by atoms with E-state index >= 15 is 0 Å². The number of carbonyl (C=O) groups excluding carboxylic acids is 1. The first-order valence-corrected chi connectivity index (χ1v) is 5.30. The van der Waals surface area contributed by atoms with Crippen LogP contribution in [0.5, 0.6) is 5.75 Å². The highest BCUT2D eigenvalue weighted by molar-refractivity contribution is 5.97. The van der Waals surface area contributed by atoms with Gasteiger partial charge in [0.1, 0.15) is 5.75 Å². The number of alkyl halides is 3. The number of rotatable bonds is 2. The molecule has 1 aliphatic rings. The number of nitrogens with two attached hydrogens (primary N) is 1. The third-order valence-corrected chi connectivity index (χ3v) is 2.56. The lowest BCUT2D eigenvalue weighted by atomic mass is 10.1. The predicted octanol–water partition coefficient (Wildman–Crippen LogP) is 1.75. The van der Waals surface area contributed by atoms with Crippen LogP contribution < -0.4 is 15.8 Å². The van der Waals surface area contributed by atoms with Crippen molar-refractivity contribution in [1.82, 2.24) is 0 Å². The van der Waals surface area contributed by atoms with E-state index in [0.717, 1.165) is 12.1 Å². The van der Waals surface area contributed by atoms with Gasteiger partial charge in [-0.1, -0.05) is 0 Å². The predicted molar refractivity (Wildman–Crippen MR) is 58.2 cm³/mol. The van der Waals surface area contributed by atoms with Crippen molar-refractivity contribution in [1.29, 1.82) is 0 Å². The van der Waals surface area contributed by atoms with Gasteiger partial charge in [0.2, 0.25) is 0 Å². The first kappa shape index (κ1) is 12.7. The molecular weight excluding hydrogens is 249 g/mol. The molecule has 0 radical (unpaired) electrons. The maximum absolute atomic E-state index is 12.5. The highest BCUT2D eigenvalue weighted by Crippen LogP contribution is 2.37. The van der Waals surface area contributed by atoms with E-state index in [1.165, 1.54) is 6.07 Å². The maximum Gasteiger partial charge on any atom is 0.416 e. The second kappa shape index (κ2) is 4.49. The van der Waals surface area contributed by atoms with Gasteiger partial charge in [0.05, 0.1) is 11.3 Å². The Bertz CT molecular complexity index is 474. The molecular formula is C11H11F3N2O2. The summed E-state index contributed by atoms with van der Waals surface area (Å²) >= 11 is 0. The molecule has 1 unspecified atom stereocenters. The van der Waals surface area contributed by atoms with Crippen LogP contribution in [-0.2, 0) is 11.0 Å². The van der Waals surface area contributed by atoms with Crippen LogP contribution in [0.15, 0.2) is 18.2 Å². The van der Waals surface area contributed by atoms with Gasteiger partial charge in [0, 0.05) is 6.42 Å². The fourth-order valence-corrected chi connectivity index (χ4v) is 1.67. The number of hydrogen-bond acceptors (Lipinski definition) is 3. The van der Waals surface area contributed by atoms with Crippen molar-refractivity contribution in [3.8, 4) is 5.75 Å². The molecule has 1 aliphatic heterocycles. The lowest BCUT2D eigenvalue weighted by molar-refractivity contribution is -0.137. The van der Waals surface area contributed by atoms with Gasteiger partial charge in [0.15, 0.2) is 6.10 Å². The Balaban J connectivity index is 2.29. The molecule has 1 aromatic carbocycles. The van der Waals surface area contributed by atoms with Crippen LogP contribution in [-0.4, -0.2) is 18.6 Å². The summed E-state index contributed by atoms with van der Waals surface area (Å²) in [5.41, 5.74) is 4.51. The number of benzene rings is 1. The number of hydrogen-bond donors (Lipinski definition) is 2. The molecule has 1 atom stereocenters. The summed E-state index contributed by atoms with van der Waals surface area (Å²) in [4.78, 5) is 11.5. The van der Waals surface area contributed by atoms with Gasteiger partial charge < -0.3 is 15.8 Å². The Morgan fingerprint density at radius 2 is 2.11 bits per heavy atom. The lowest BCUT2D eigenvalue weighted by Crippen LogP contribution is -2.38. The van der Waals surface area contributed by atoms with Crippen molar-refractivity contribution < 1.29 is 22.7 Å². The third-order valence-electron chi connectivity index (χ3n) is 2.56. The van der Waals surface area contributed by atoms with Crippen LogP contribution in [0, 0.1) is 0 Å². The van der Waals surface area contributed by atoms with E-state index in [9.17, 15) is 18.0 Å². The van der Waals surface area contributed by atoms with Crippen molar-refractivity contribution in [2.75, 3.05) is 11.9 Å². The van der Waals surface area contributed by atoms with Gasteiger partial charge in [-0.3, -0.25) is 4.79 Å². The fraction of sp³-hybridized carbons (Fsp3) is 0.364.